The Morgan fingerprint density at radius 2 is 1.65 bits per heavy atom. The molecule has 1 atom stereocenters. The van der Waals surface area contributed by atoms with Gasteiger partial charge >= 0.3 is 11.9 Å². The van der Waals surface area contributed by atoms with Crippen molar-refractivity contribution in [2.24, 2.45) is 5.92 Å². The molecule has 0 aromatic rings. The number of rotatable bonds is 6. The van der Waals surface area contributed by atoms with Gasteiger partial charge in [-0.25, -0.2) is 0 Å². The van der Waals surface area contributed by atoms with Crippen molar-refractivity contribution in [3.63, 3.8) is 0 Å². The van der Waals surface area contributed by atoms with Crippen molar-refractivity contribution in [3.05, 3.63) is 12.2 Å². The second-order valence-electron chi connectivity index (χ2n) is 3.66. The molecule has 0 spiro atoms. The highest BCUT2D eigenvalue weighted by Crippen LogP contribution is 2.22. The lowest BCUT2D eigenvalue weighted by Gasteiger charge is -2.26. The van der Waals surface area contributed by atoms with E-state index in [2.05, 4.69) is 0 Å². The Labute approximate surface area is 101 Å². The van der Waals surface area contributed by atoms with Crippen LogP contribution in [0.4, 0.5) is 0 Å². The Morgan fingerprint density at radius 3 is 1.94 bits per heavy atom. The third kappa shape index (κ3) is 4.56. The molecule has 0 saturated heterocycles. The molecule has 0 fully saturated rings. The van der Waals surface area contributed by atoms with Gasteiger partial charge in [-0.3, -0.25) is 9.59 Å². The van der Waals surface area contributed by atoms with Gasteiger partial charge in [0.1, 0.15) is 5.60 Å². The summed E-state index contributed by atoms with van der Waals surface area (Å²) in [4.78, 5) is 23.3. The first kappa shape index (κ1) is 15.6. The molecule has 0 heterocycles. The summed E-state index contributed by atoms with van der Waals surface area (Å²) in [5.41, 5.74) is -1.62. The van der Waals surface area contributed by atoms with E-state index < -0.39 is 23.5 Å². The Hall–Kier alpha value is -1.36. The molecule has 0 aliphatic heterocycles. The van der Waals surface area contributed by atoms with Crippen LogP contribution in [-0.2, 0) is 19.1 Å². The number of carbonyl (C=O) groups excluding carboxylic acids is 2. The standard InChI is InChI=1S/C12H20O5/c1-5-8-12(4,15)9(10(13)16-6-2)11(14)17-7-3/h5,8-9,15H,6-7H2,1-4H3. The van der Waals surface area contributed by atoms with Gasteiger partial charge in [0.25, 0.3) is 0 Å². The predicted molar refractivity (Wildman–Crippen MR) is 62.2 cm³/mol. The molecule has 1 unspecified atom stereocenters. The molecule has 98 valence electrons. The minimum absolute atomic E-state index is 0.140. The van der Waals surface area contributed by atoms with Crippen LogP contribution < -0.4 is 0 Å². The van der Waals surface area contributed by atoms with Gasteiger partial charge in [-0.1, -0.05) is 12.2 Å². The molecule has 0 aromatic carbocycles. The molecule has 0 aliphatic rings. The van der Waals surface area contributed by atoms with Crippen LogP contribution in [0.5, 0.6) is 0 Å². The lowest BCUT2D eigenvalue weighted by molar-refractivity contribution is -0.170. The first-order chi connectivity index (χ1) is 7.90. The smallest absolute Gasteiger partial charge is 0.323 e. The van der Waals surface area contributed by atoms with Gasteiger partial charge in [0.2, 0.25) is 0 Å². The predicted octanol–water partition coefficient (Wildman–Crippen LogP) is 1.06. The fraction of sp³-hybridized carbons (Fsp3) is 0.667. The van der Waals surface area contributed by atoms with Gasteiger partial charge in [-0.05, 0) is 27.7 Å². The maximum Gasteiger partial charge on any atom is 0.323 e. The summed E-state index contributed by atoms with van der Waals surface area (Å²) in [6.45, 7) is 6.59. The van der Waals surface area contributed by atoms with E-state index in [9.17, 15) is 14.7 Å². The number of hydrogen-bond donors (Lipinski definition) is 1. The number of carbonyl (C=O) groups is 2. The zero-order valence-electron chi connectivity index (χ0n) is 10.7. The van der Waals surface area contributed by atoms with Crippen molar-refractivity contribution in [1.29, 1.82) is 0 Å². The third-order valence-electron chi connectivity index (χ3n) is 2.13. The Morgan fingerprint density at radius 1 is 1.24 bits per heavy atom. The minimum Gasteiger partial charge on any atom is -0.465 e. The quantitative estimate of drug-likeness (QED) is 0.429. The maximum absolute atomic E-state index is 11.7. The van der Waals surface area contributed by atoms with Crippen molar-refractivity contribution in [2.45, 2.75) is 33.3 Å². The highest BCUT2D eigenvalue weighted by atomic mass is 16.6. The van der Waals surface area contributed by atoms with E-state index in [4.69, 9.17) is 9.47 Å². The molecule has 5 nitrogen and oxygen atoms in total. The van der Waals surface area contributed by atoms with Crippen LogP contribution in [0.15, 0.2) is 12.2 Å². The second kappa shape index (κ2) is 7.06. The van der Waals surface area contributed by atoms with Gasteiger partial charge in [0.15, 0.2) is 5.92 Å². The van der Waals surface area contributed by atoms with Crippen molar-refractivity contribution in [3.8, 4) is 0 Å². The largest absolute Gasteiger partial charge is 0.465 e. The van der Waals surface area contributed by atoms with Gasteiger partial charge < -0.3 is 14.6 Å². The number of hydrogen-bond acceptors (Lipinski definition) is 5. The lowest BCUT2D eigenvalue weighted by atomic mass is 9.88. The van der Waals surface area contributed by atoms with E-state index in [-0.39, 0.29) is 13.2 Å². The molecular weight excluding hydrogens is 224 g/mol. The monoisotopic (exact) mass is 244 g/mol. The van der Waals surface area contributed by atoms with Crippen LogP contribution in [0.25, 0.3) is 0 Å². The Bertz CT molecular complexity index is 275. The molecule has 1 N–H and O–H groups in total. The number of ether oxygens (including phenoxy) is 2. The number of esters is 2. The van der Waals surface area contributed by atoms with Crippen LogP contribution in [0.2, 0.25) is 0 Å². The van der Waals surface area contributed by atoms with Crippen molar-refractivity contribution < 1.29 is 24.2 Å². The average Bonchev–Trinajstić information content (AvgIpc) is 2.17. The zero-order chi connectivity index (χ0) is 13.5. The van der Waals surface area contributed by atoms with E-state index in [1.54, 1.807) is 26.8 Å². The van der Waals surface area contributed by atoms with Crippen LogP contribution in [0.3, 0.4) is 0 Å². The van der Waals surface area contributed by atoms with E-state index >= 15 is 0 Å². The SMILES string of the molecule is CC=CC(C)(O)C(C(=O)OCC)C(=O)OCC. The first-order valence-electron chi connectivity index (χ1n) is 5.60. The number of aliphatic hydroxyl groups is 1. The molecular formula is C12H20O5. The molecule has 0 radical (unpaired) electrons. The summed E-state index contributed by atoms with van der Waals surface area (Å²) in [6, 6.07) is 0. The third-order valence-corrected chi connectivity index (χ3v) is 2.13. The second-order valence-corrected chi connectivity index (χ2v) is 3.66. The molecule has 0 bridgehead atoms. The minimum atomic E-state index is -1.62. The topological polar surface area (TPSA) is 72.8 Å². The summed E-state index contributed by atoms with van der Waals surface area (Å²) >= 11 is 0. The summed E-state index contributed by atoms with van der Waals surface area (Å²) in [6.07, 6.45) is 2.93. The first-order valence-corrected chi connectivity index (χ1v) is 5.60. The Balaban J connectivity index is 5.09. The van der Waals surface area contributed by atoms with Gasteiger partial charge in [0.05, 0.1) is 13.2 Å². The van der Waals surface area contributed by atoms with Crippen LogP contribution in [0.1, 0.15) is 27.7 Å². The highest BCUT2D eigenvalue weighted by molar-refractivity contribution is 5.96. The fourth-order valence-electron chi connectivity index (χ4n) is 1.46. The molecule has 0 aliphatic carbocycles. The summed E-state index contributed by atoms with van der Waals surface area (Å²) in [5.74, 6) is -2.93. The zero-order valence-corrected chi connectivity index (χ0v) is 10.7. The normalized spacial score (nSPS) is 14.7. The van der Waals surface area contributed by atoms with Crippen LogP contribution in [-0.4, -0.2) is 35.9 Å². The summed E-state index contributed by atoms with van der Waals surface area (Å²) in [5, 5.41) is 10.1. The lowest BCUT2D eigenvalue weighted by Crippen LogP contribution is -2.45. The fourth-order valence-corrected chi connectivity index (χ4v) is 1.46. The average molecular weight is 244 g/mol. The van der Waals surface area contributed by atoms with Crippen LogP contribution in [0, 0.1) is 5.92 Å². The molecule has 0 amide bonds. The van der Waals surface area contributed by atoms with Crippen molar-refractivity contribution in [2.75, 3.05) is 13.2 Å². The molecule has 17 heavy (non-hydrogen) atoms. The molecule has 0 saturated carbocycles. The molecule has 5 heteroatoms. The van der Waals surface area contributed by atoms with Crippen LogP contribution >= 0.6 is 0 Å². The van der Waals surface area contributed by atoms with Gasteiger partial charge in [0, 0.05) is 0 Å². The summed E-state index contributed by atoms with van der Waals surface area (Å²) < 4.78 is 9.54. The van der Waals surface area contributed by atoms with E-state index in [1.807, 2.05) is 0 Å². The number of allylic oxidation sites excluding steroid dienone is 1. The van der Waals surface area contributed by atoms with Crippen molar-refractivity contribution >= 4 is 11.9 Å². The van der Waals surface area contributed by atoms with E-state index in [1.165, 1.54) is 13.0 Å². The van der Waals surface area contributed by atoms with E-state index in [0.29, 0.717) is 0 Å². The molecule has 0 aromatic heterocycles. The highest BCUT2D eigenvalue weighted by Gasteiger charge is 2.43. The Kier molecular flexibility index (Phi) is 6.50. The summed E-state index contributed by atoms with van der Waals surface area (Å²) in [7, 11) is 0. The van der Waals surface area contributed by atoms with E-state index in [0.717, 1.165) is 0 Å². The maximum atomic E-state index is 11.7. The molecule has 0 rings (SSSR count). The van der Waals surface area contributed by atoms with Gasteiger partial charge in [-0.15, -0.1) is 0 Å². The van der Waals surface area contributed by atoms with Crippen molar-refractivity contribution in [1.82, 2.24) is 0 Å². The van der Waals surface area contributed by atoms with Gasteiger partial charge in [-0.2, -0.15) is 0 Å².